The molecule has 2 N–H and O–H groups in total. The third-order valence-electron chi connectivity index (χ3n) is 3.39. The van der Waals surface area contributed by atoms with Crippen LogP contribution in [0.5, 0.6) is 0 Å². The van der Waals surface area contributed by atoms with E-state index in [1.807, 2.05) is 45.0 Å². The summed E-state index contributed by atoms with van der Waals surface area (Å²) in [6.07, 6.45) is 0.444. The number of nitrogens with one attached hydrogen (secondary N) is 1. The van der Waals surface area contributed by atoms with Gasteiger partial charge in [0.05, 0.1) is 11.4 Å². The predicted molar refractivity (Wildman–Crippen MR) is 84.9 cm³/mol. The van der Waals surface area contributed by atoms with Gasteiger partial charge in [0, 0.05) is 10.4 Å². The third kappa shape index (κ3) is 5.17. The molecule has 0 heterocycles. The molecule has 2 atom stereocenters. The van der Waals surface area contributed by atoms with Gasteiger partial charge in [-0.15, -0.1) is 11.8 Å². The zero-order chi connectivity index (χ0) is 15.3. The van der Waals surface area contributed by atoms with Gasteiger partial charge in [0.2, 0.25) is 5.91 Å². The Bertz CT molecular complexity index is 440. The molecule has 1 aromatic rings. The van der Waals surface area contributed by atoms with Crippen LogP contribution in [0.4, 0.5) is 0 Å². The van der Waals surface area contributed by atoms with Crippen molar-refractivity contribution in [3.05, 3.63) is 29.8 Å². The summed E-state index contributed by atoms with van der Waals surface area (Å²) in [6.45, 7) is 9.77. The van der Waals surface area contributed by atoms with E-state index in [-0.39, 0.29) is 16.7 Å². The first-order chi connectivity index (χ1) is 9.25. The molecule has 0 spiro atoms. The van der Waals surface area contributed by atoms with Gasteiger partial charge < -0.3 is 10.4 Å². The van der Waals surface area contributed by atoms with Crippen molar-refractivity contribution in [2.24, 2.45) is 0 Å². The van der Waals surface area contributed by atoms with Crippen LogP contribution in [0.1, 0.15) is 52.7 Å². The number of thioether (sulfide) groups is 1. The zero-order valence-corrected chi connectivity index (χ0v) is 13.8. The number of carbonyl (C=O) groups excluding carboxylic acids is 1. The summed E-state index contributed by atoms with van der Waals surface area (Å²) in [5, 5.41) is 12.4. The first-order valence-electron chi connectivity index (χ1n) is 7.02. The Morgan fingerprint density at radius 3 is 2.30 bits per heavy atom. The fraction of sp³-hybridized carbons (Fsp3) is 0.562. The second-order valence-corrected chi connectivity index (χ2v) is 7.15. The summed E-state index contributed by atoms with van der Waals surface area (Å²) >= 11 is 1.53. The number of carbonyl (C=O) groups is 1. The SMILES string of the molecule is CCC(C)(C)NC(=O)C(C)Sc1ccc(C(C)O)cc1. The van der Waals surface area contributed by atoms with E-state index in [2.05, 4.69) is 12.2 Å². The van der Waals surface area contributed by atoms with Gasteiger partial charge in [-0.3, -0.25) is 4.79 Å². The average molecular weight is 295 g/mol. The molecule has 1 aromatic carbocycles. The first kappa shape index (κ1) is 17.1. The Morgan fingerprint density at radius 1 is 1.30 bits per heavy atom. The van der Waals surface area contributed by atoms with Crippen molar-refractivity contribution in [2.75, 3.05) is 0 Å². The number of rotatable bonds is 6. The molecule has 0 aliphatic rings. The van der Waals surface area contributed by atoms with Crippen LogP contribution in [0, 0.1) is 0 Å². The van der Waals surface area contributed by atoms with Crippen LogP contribution >= 0.6 is 11.8 Å². The van der Waals surface area contributed by atoms with Crippen LogP contribution in [-0.2, 0) is 4.79 Å². The summed E-state index contributed by atoms with van der Waals surface area (Å²) in [7, 11) is 0. The number of hydrogen-bond acceptors (Lipinski definition) is 3. The van der Waals surface area contributed by atoms with Gasteiger partial charge in [-0.1, -0.05) is 19.1 Å². The molecule has 0 saturated heterocycles. The van der Waals surface area contributed by atoms with Crippen LogP contribution in [0.3, 0.4) is 0 Å². The number of benzene rings is 1. The highest BCUT2D eigenvalue weighted by Gasteiger charge is 2.22. The zero-order valence-electron chi connectivity index (χ0n) is 12.9. The normalized spacial score (nSPS) is 14.7. The van der Waals surface area contributed by atoms with E-state index < -0.39 is 6.10 Å². The molecular weight excluding hydrogens is 270 g/mol. The van der Waals surface area contributed by atoms with Gasteiger partial charge in [-0.05, 0) is 51.8 Å². The van der Waals surface area contributed by atoms with E-state index in [4.69, 9.17) is 0 Å². The Kier molecular flexibility index (Phi) is 6.08. The Hall–Kier alpha value is -1.00. The maximum absolute atomic E-state index is 12.1. The molecule has 1 rings (SSSR count). The molecule has 112 valence electrons. The Balaban J connectivity index is 2.61. The number of aliphatic hydroxyl groups excluding tert-OH is 1. The highest BCUT2D eigenvalue weighted by atomic mass is 32.2. The highest BCUT2D eigenvalue weighted by Crippen LogP contribution is 2.25. The molecule has 4 heteroatoms. The molecular formula is C16H25NO2S. The minimum absolute atomic E-state index is 0.0569. The Labute approximate surface area is 126 Å². The first-order valence-corrected chi connectivity index (χ1v) is 7.90. The largest absolute Gasteiger partial charge is 0.389 e. The van der Waals surface area contributed by atoms with E-state index in [1.165, 1.54) is 11.8 Å². The molecule has 0 fully saturated rings. The lowest BCUT2D eigenvalue weighted by atomic mass is 10.0. The summed E-state index contributed by atoms with van der Waals surface area (Å²) < 4.78 is 0. The van der Waals surface area contributed by atoms with Crippen LogP contribution in [-0.4, -0.2) is 21.8 Å². The van der Waals surface area contributed by atoms with E-state index in [1.54, 1.807) is 6.92 Å². The van der Waals surface area contributed by atoms with Crippen LogP contribution in [0.25, 0.3) is 0 Å². The molecule has 3 nitrogen and oxygen atoms in total. The maximum Gasteiger partial charge on any atom is 0.233 e. The van der Waals surface area contributed by atoms with Crippen LogP contribution < -0.4 is 5.32 Å². The smallest absolute Gasteiger partial charge is 0.233 e. The van der Waals surface area contributed by atoms with Gasteiger partial charge in [-0.25, -0.2) is 0 Å². The third-order valence-corrected chi connectivity index (χ3v) is 4.50. The summed E-state index contributed by atoms with van der Waals surface area (Å²) in [6, 6.07) is 7.68. The molecule has 0 radical (unpaired) electrons. The number of hydrogen-bond donors (Lipinski definition) is 2. The van der Waals surface area contributed by atoms with Crippen molar-refractivity contribution in [3.8, 4) is 0 Å². The Morgan fingerprint density at radius 2 is 1.85 bits per heavy atom. The molecule has 0 aromatic heterocycles. The lowest BCUT2D eigenvalue weighted by molar-refractivity contribution is -0.121. The molecule has 0 aliphatic heterocycles. The summed E-state index contributed by atoms with van der Waals surface area (Å²) in [5.74, 6) is 0.0569. The fourth-order valence-electron chi connectivity index (χ4n) is 1.61. The maximum atomic E-state index is 12.1. The molecule has 20 heavy (non-hydrogen) atoms. The fourth-order valence-corrected chi connectivity index (χ4v) is 2.47. The average Bonchev–Trinajstić information content (AvgIpc) is 2.38. The van der Waals surface area contributed by atoms with Crippen LogP contribution in [0.15, 0.2) is 29.2 Å². The van der Waals surface area contributed by atoms with Gasteiger partial charge in [0.25, 0.3) is 0 Å². The van der Waals surface area contributed by atoms with Gasteiger partial charge >= 0.3 is 0 Å². The highest BCUT2D eigenvalue weighted by molar-refractivity contribution is 8.00. The minimum Gasteiger partial charge on any atom is -0.389 e. The van der Waals surface area contributed by atoms with Crippen molar-refractivity contribution >= 4 is 17.7 Å². The molecule has 0 aliphatic carbocycles. The summed E-state index contributed by atoms with van der Waals surface area (Å²) in [4.78, 5) is 13.2. The van der Waals surface area contributed by atoms with Gasteiger partial charge in [-0.2, -0.15) is 0 Å². The van der Waals surface area contributed by atoms with E-state index in [0.29, 0.717) is 0 Å². The van der Waals surface area contributed by atoms with Crippen molar-refractivity contribution in [2.45, 2.75) is 62.8 Å². The topological polar surface area (TPSA) is 49.3 Å². The standard InChI is InChI=1S/C16H25NO2S/c1-6-16(4,5)17-15(19)12(3)20-14-9-7-13(8-10-14)11(2)18/h7-12,18H,6H2,1-5H3,(H,17,19). The summed E-state index contributed by atoms with van der Waals surface area (Å²) in [5.41, 5.74) is 0.723. The van der Waals surface area contributed by atoms with Crippen LogP contribution in [0.2, 0.25) is 0 Å². The second-order valence-electron chi connectivity index (χ2n) is 5.73. The van der Waals surface area contributed by atoms with E-state index in [0.717, 1.165) is 16.9 Å². The van der Waals surface area contributed by atoms with Gasteiger partial charge in [0.15, 0.2) is 0 Å². The van der Waals surface area contributed by atoms with Crippen molar-refractivity contribution < 1.29 is 9.90 Å². The van der Waals surface area contributed by atoms with Crippen molar-refractivity contribution in [3.63, 3.8) is 0 Å². The minimum atomic E-state index is -0.458. The monoisotopic (exact) mass is 295 g/mol. The number of amides is 1. The molecule has 1 amide bonds. The molecule has 0 saturated carbocycles. The lowest BCUT2D eigenvalue weighted by Crippen LogP contribution is -2.46. The lowest BCUT2D eigenvalue weighted by Gasteiger charge is -2.26. The molecule has 0 bridgehead atoms. The van der Waals surface area contributed by atoms with E-state index >= 15 is 0 Å². The molecule has 2 unspecified atom stereocenters. The predicted octanol–water partition coefficient (Wildman–Crippen LogP) is 3.53. The number of aliphatic hydroxyl groups is 1. The van der Waals surface area contributed by atoms with E-state index in [9.17, 15) is 9.90 Å². The second kappa shape index (κ2) is 7.14. The van der Waals surface area contributed by atoms with Crippen molar-refractivity contribution in [1.29, 1.82) is 0 Å². The quantitative estimate of drug-likeness (QED) is 0.789. The van der Waals surface area contributed by atoms with Gasteiger partial charge in [0.1, 0.15) is 0 Å². The van der Waals surface area contributed by atoms with Crippen molar-refractivity contribution in [1.82, 2.24) is 5.32 Å².